The largest absolute Gasteiger partial charge is 0.469 e. The van der Waals surface area contributed by atoms with E-state index in [4.69, 9.17) is 4.79 Å². The number of ether oxygens (including phenoxy) is 1. The number of benzene rings is 2. The highest BCUT2D eigenvalue weighted by Gasteiger charge is 2.34. The summed E-state index contributed by atoms with van der Waals surface area (Å²) in [7, 11) is 1.32. The number of methoxy groups -OCH3 is 1. The van der Waals surface area contributed by atoms with E-state index in [0.717, 1.165) is 0 Å². The van der Waals surface area contributed by atoms with Crippen LogP contribution >= 0.6 is 0 Å². The van der Waals surface area contributed by atoms with E-state index in [1.807, 2.05) is 43.2 Å². The molecule has 110 valence electrons. The fraction of sp³-hybridized carbons (Fsp3) is 0.176. The van der Waals surface area contributed by atoms with Crippen molar-refractivity contribution in [2.24, 2.45) is 0 Å². The van der Waals surface area contributed by atoms with Gasteiger partial charge in [0, 0.05) is 0 Å². The standard InChI is InChI=1S/C16H16O3.CH2O/c1-19-15(17)12-16(18,13-8-4-2-5-9-13)14-10-6-3-7-11-14;1-2/h2-11,18H,12H2,1H3;1H2. The van der Waals surface area contributed by atoms with E-state index in [2.05, 4.69) is 4.74 Å². The van der Waals surface area contributed by atoms with Crippen LogP contribution in [-0.4, -0.2) is 25.0 Å². The Hall–Kier alpha value is -2.46. The summed E-state index contributed by atoms with van der Waals surface area (Å²) in [5.41, 5.74) is -0.0199. The Morgan fingerprint density at radius 2 is 1.38 bits per heavy atom. The van der Waals surface area contributed by atoms with Crippen molar-refractivity contribution in [3.63, 3.8) is 0 Å². The van der Waals surface area contributed by atoms with E-state index in [0.29, 0.717) is 11.1 Å². The maximum Gasteiger partial charge on any atom is 0.309 e. The third-order valence-corrected chi connectivity index (χ3v) is 3.13. The van der Waals surface area contributed by atoms with Gasteiger partial charge in [-0.05, 0) is 11.1 Å². The molecule has 0 aromatic heterocycles. The first kappa shape index (κ1) is 16.6. The number of esters is 1. The summed E-state index contributed by atoms with van der Waals surface area (Å²) in [6.45, 7) is 2.00. The molecule has 0 saturated carbocycles. The molecule has 2 rings (SSSR count). The van der Waals surface area contributed by atoms with Crippen molar-refractivity contribution in [2.75, 3.05) is 7.11 Å². The molecule has 21 heavy (non-hydrogen) atoms. The summed E-state index contributed by atoms with van der Waals surface area (Å²) in [5.74, 6) is -0.449. The maximum absolute atomic E-state index is 11.6. The fourth-order valence-electron chi connectivity index (χ4n) is 2.08. The average Bonchev–Trinajstić information content (AvgIpc) is 2.58. The number of rotatable bonds is 4. The van der Waals surface area contributed by atoms with Gasteiger partial charge in [-0.15, -0.1) is 0 Å². The molecule has 4 heteroatoms. The van der Waals surface area contributed by atoms with Gasteiger partial charge in [-0.1, -0.05) is 60.7 Å². The van der Waals surface area contributed by atoms with Crippen LogP contribution < -0.4 is 0 Å². The van der Waals surface area contributed by atoms with Gasteiger partial charge in [0.15, 0.2) is 0 Å². The zero-order chi connectivity index (χ0) is 15.7. The lowest BCUT2D eigenvalue weighted by molar-refractivity contribution is -0.145. The molecule has 4 nitrogen and oxygen atoms in total. The van der Waals surface area contributed by atoms with Crippen LogP contribution in [0.4, 0.5) is 0 Å². The van der Waals surface area contributed by atoms with E-state index in [1.54, 1.807) is 24.3 Å². The number of aliphatic hydroxyl groups is 1. The van der Waals surface area contributed by atoms with Crippen LogP contribution in [-0.2, 0) is 19.9 Å². The molecule has 0 bridgehead atoms. The summed E-state index contributed by atoms with van der Waals surface area (Å²) in [4.78, 5) is 19.6. The Bertz CT molecular complexity index is 512. The first-order chi connectivity index (χ1) is 10.2. The van der Waals surface area contributed by atoms with Crippen molar-refractivity contribution in [1.29, 1.82) is 0 Å². The highest BCUT2D eigenvalue weighted by molar-refractivity contribution is 5.72. The molecule has 0 spiro atoms. The van der Waals surface area contributed by atoms with Gasteiger partial charge in [0.2, 0.25) is 0 Å². The topological polar surface area (TPSA) is 63.6 Å². The normalized spacial score (nSPS) is 10.2. The molecular weight excluding hydrogens is 268 g/mol. The second-order valence-corrected chi connectivity index (χ2v) is 4.35. The molecule has 2 aromatic carbocycles. The van der Waals surface area contributed by atoms with E-state index in [-0.39, 0.29) is 6.42 Å². The first-order valence-electron chi connectivity index (χ1n) is 6.36. The molecule has 0 aliphatic rings. The molecule has 0 aliphatic heterocycles. The Morgan fingerprint density at radius 1 is 1.00 bits per heavy atom. The number of hydrogen-bond donors (Lipinski definition) is 1. The smallest absolute Gasteiger partial charge is 0.309 e. The van der Waals surface area contributed by atoms with E-state index in [1.165, 1.54) is 7.11 Å². The van der Waals surface area contributed by atoms with Crippen molar-refractivity contribution in [2.45, 2.75) is 12.0 Å². The van der Waals surface area contributed by atoms with Crippen molar-refractivity contribution >= 4 is 12.8 Å². The minimum atomic E-state index is -1.37. The zero-order valence-corrected chi connectivity index (χ0v) is 11.9. The monoisotopic (exact) mass is 286 g/mol. The number of hydrogen-bond acceptors (Lipinski definition) is 4. The third kappa shape index (κ3) is 4.00. The van der Waals surface area contributed by atoms with E-state index in [9.17, 15) is 9.90 Å². The van der Waals surface area contributed by atoms with Crippen LogP contribution in [0.1, 0.15) is 17.5 Å². The van der Waals surface area contributed by atoms with Gasteiger partial charge in [0.05, 0.1) is 13.5 Å². The maximum atomic E-state index is 11.6. The van der Waals surface area contributed by atoms with Crippen LogP contribution in [0.3, 0.4) is 0 Å². The molecule has 0 amide bonds. The van der Waals surface area contributed by atoms with Crippen LogP contribution in [0.15, 0.2) is 60.7 Å². The zero-order valence-electron chi connectivity index (χ0n) is 11.9. The minimum absolute atomic E-state index is 0.114. The van der Waals surface area contributed by atoms with Gasteiger partial charge < -0.3 is 14.6 Å². The van der Waals surface area contributed by atoms with Crippen LogP contribution in [0, 0.1) is 0 Å². The molecule has 0 saturated heterocycles. The molecule has 0 unspecified atom stereocenters. The van der Waals surface area contributed by atoms with E-state index >= 15 is 0 Å². The van der Waals surface area contributed by atoms with Crippen LogP contribution in [0.2, 0.25) is 0 Å². The Kier molecular flexibility index (Phi) is 6.30. The quantitative estimate of drug-likeness (QED) is 0.876. The van der Waals surface area contributed by atoms with E-state index < -0.39 is 11.6 Å². The molecular formula is C17H18O4. The highest BCUT2D eigenvalue weighted by Crippen LogP contribution is 2.33. The Balaban J connectivity index is 0.00000106. The van der Waals surface area contributed by atoms with Crippen LogP contribution in [0.5, 0.6) is 0 Å². The molecule has 0 aliphatic carbocycles. The Labute approximate surface area is 124 Å². The Morgan fingerprint density at radius 3 is 1.71 bits per heavy atom. The number of carbonyl (C=O) groups is 2. The summed E-state index contributed by atoms with van der Waals surface area (Å²) in [6.07, 6.45) is -0.114. The second-order valence-electron chi connectivity index (χ2n) is 4.35. The fourth-order valence-corrected chi connectivity index (χ4v) is 2.08. The molecule has 0 atom stereocenters. The molecule has 0 heterocycles. The lowest BCUT2D eigenvalue weighted by atomic mass is 9.83. The molecule has 1 N–H and O–H groups in total. The lowest BCUT2D eigenvalue weighted by Gasteiger charge is -2.28. The first-order valence-corrected chi connectivity index (χ1v) is 6.36. The van der Waals surface area contributed by atoms with Crippen molar-refractivity contribution in [1.82, 2.24) is 0 Å². The minimum Gasteiger partial charge on any atom is -0.469 e. The predicted octanol–water partition coefficient (Wildman–Crippen LogP) is 2.30. The summed E-state index contributed by atoms with van der Waals surface area (Å²) in [6, 6.07) is 18.3. The summed E-state index contributed by atoms with van der Waals surface area (Å²) in [5, 5.41) is 11.0. The summed E-state index contributed by atoms with van der Waals surface area (Å²) < 4.78 is 4.69. The van der Waals surface area contributed by atoms with Gasteiger partial charge in [0.1, 0.15) is 12.4 Å². The molecule has 0 radical (unpaired) electrons. The average molecular weight is 286 g/mol. The predicted molar refractivity (Wildman–Crippen MR) is 79.6 cm³/mol. The van der Waals surface area contributed by atoms with Crippen LogP contribution in [0.25, 0.3) is 0 Å². The van der Waals surface area contributed by atoms with Gasteiger partial charge in [0.25, 0.3) is 0 Å². The second kappa shape index (κ2) is 7.97. The van der Waals surface area contributed by atoms with Gasteiger partial charge in [-0.2, -0.15) is 0 Å². The van der Waals surface area contributed by atoms with Gasteiger partial charge in [-0.3, -0.25) is 4.79 Å². The SMILES string of the molecule is C=O.COC(=O)CC(O)(c1ccccc1)c1ccccc1. The third-order valence-electron chi connectivity index (χ3n) is 3.13. The van der Waals surface area contributed by atoms with Crippen molar-refractivity contribution in [3.8, 4) is 0 Å². The summed E-state index contributed by atoms with van der Waals surface area (Å²) >= 11 is 0. The van der Waals surface area contributed by atoms with Gasteiger partial charge >= 0.3 is 5.97 Å². The van der Waals surface area contributed by atoms with Crippen molar-refractivity contribution in [3.05, 3.63) is 71.8 Å². The lowest BCUT2D eigenvalue weighted by Crippen LogP contribution is -2.31. The van der Waals surface area contributed by atoms with Gasteiger partial charge in [-0.25, -0.2) is 0 Å². The molecule has 0 fully saturated rings. The molecule has 2 aromatic rings. The van der Waals surface area contributed by atoms with Crippen molar-refractivity contribution < 1.29 is 19.4 Å². The highest BCUT2D eigenvalue weighted by atomic mass is 16.5. The number of carbonyl (C=O) groups excluding carboxylic acids is 2.